The summed E-state index contributed by atoms with van der Waals surface area (Å²) >= 11 is 1.37. The third-order valence-electron chi connectivity index (χ3n) is 3.41. The monoisotopic (exact) mass is 339 g/mol. The Labute approximate surface area is 144 Å². The Kier molecular flexibility index (Phi) is 4.82. The van der Waals surface area contributed by atoms with Gasteiger partial charge < -0.3 is 15.2 Å². The molecule has 0 radical (unpaired) electrons. The van der Waals surface area contributed by atoms with Crippen molar-refractivity contribution in [1.29, 1.82) is 0 Å². The van der Waals surface area contributed by atoms with Crippen molar-refractivity contribution in [1.82, 2.24) is 0 Å². The summed E-state index contributed by atoms with van der Waals surface area (Å²) in [6.07, 6.45) is 0. The lowest BCUT2D eigenvalue weighted by Crippen LogP contribution is -2.11. The van der Waals surface area contributed by atoms with Gasteiger partial charge in [0, 0.05) is 4.88 Å². The van der Waals surface area contributed by atoms with Crippen LogP contribution in [0.3, 0.4) is 0 Å². The lowest BCUT2D eigenvalue weighted by molar-refractivity contribution is 0.102. The van der Waals surface area contributed by atoms with Gasteiger partial charge in [0.2, 0.25) is 0 Å². The molecule has 0 aliphatic rings. The molecule has 2 aromatic carbocycles. The number of ether oxygens (including phenoxy) is 1. The Morgan fingerprint density at radius 2 is 1.83 bits per heavy atom. The fourth-order valence-electron chi connectivity index (χ4n) is 2.30. The van der Waals surface area contributed by atoms with E-state index in [4.69, 9.17) is 4.74 Å². The van der Waals surface area contributed by atoms with E-state index in [0.717, 1.165) is 10.4 Å². The van der Waals surface area contributed by atoms with Crippen molar-refractivity contribution >= 4 is 22.9 Å². The fraction of sp³-hybridized carbons (Fsp3) is 0.105. The van der Waals surface area contributed by atoms with Crippen LogP contribution < -0.4 is 10.1 Å². The quantitative estimate of drug-likeness (QED) is 0.658. The lowest BCUT2D eigenvalue weighted by atomic mass is 10.2. The highest BCUT2D eigenvalue weighted by Crippen LogP contribution is 2.37. The van der Waals surface area contributed by atoms with Crippen molar-refractivity contribution in [3.8, 4) is 21.9 Å². The van der Waals surface area contributed by atoms with Gasteiger partial charge in [0.05, 0.1) is 12.3 Å². The standard InChI is InChI=1S/C19H17NO3S/c1-2-23-16-12-17(13-8-4-3-5-9-13)24-18(16)19(22)20-14-10-6-7-11-15(14)21/h3-12,21H,2H2,1H3,(H,20,22). The molecule has 0 spiro atoms. The summed E-state index contributed by atoms with van der Waals surface area (Å²) in [5.74, 6) is 0.282. The Hall–Kier alpha value is -2.79. The zero-order chi connectivity index (χ0) is 16.9. The number of anilines is 1. The van der Waals surface area contributed by atoms with Crippen LogP contribution in [0.4, 0.5) is 5.69 Å². The van der Waals surface area contributed by atoms with Crippen LogP contribution >= 0.6 is 11.3 Å². The molecule has 3 rings (SSSR count). The van der Waals surface area contributed by atoms with Gasteiger partial charge in [0.1, 0.15) is 16.4 Å². The molecule has 1 heterocycles. The van der Waals surface area contributed by atoms with Crippen LogP contribution in [0, 0.1) is 0 Å². The Bertz CT molecular complexity index is 843. The number of aromatic hydroxyl groups is 1. The number of benzene rings is 2. The van der Waals surface area contributed by atoms with E-state index in [0.29, 0.717) is 22.9 Å². The minimum absolute atomic E-state index is 0.0312. The average Bonchev–Trinajstić information content (AvgIpc) is 3.02. The smallest absolute Gasteiger partial charge is 0.269 e. The fourth-order valence-corrected chi connectivity index (χ4v) is 3.30. The summed E-state index contributed by atoms with van der Waals surface area (Å²) in [6.45, 7) is 2.35. The van der Waals surface area contributed by atoms with E-state index in [9.17, 15) is 9.90 Å². The average molecular weight is 339 g/mol. The number of para-hydroxylation sites is 2. The Balaban J connectivity index is 1.92. The molecule has 0 fully saturated rings. The molecule has 0 aliphatic heterocycles. The first-order chi connectivity index (χ1) is 11.7. The molecule has 4 nitrogen and oxygen atoms in total. The third kappa shape index (κ3) is 3.41. The molecule has 122 valence electrons. The zero-order valence-electron chi connectivity index (χ0n) is 13.2. The number of nitrogens with one attached hydrogen (secondary N) is 1. The van der Waals surface area contributed by atoms with Gasteiger partial charge in [-0.1, -0.05) is 42.5 Å². The predicted molar refractivity (Wildman–Crippen MR) is 97.0 cm³/mol. The molecule has 1 aromatic heterocycles. The van der Waals surface area contributed by atoms with Gasteiger partial charge in [-0.25, -0.2) is 0 Å². The number of thiophene rings is 1. The number of hydrogen-bond acceptors (Lipinski definition) is 4. The van der Waals surface area contributed by atoms with Crippen molar-refractivity contribution < 1.29 is 14.6 Å². The van der Waals surface area contributed by atoms with E-state index < -0.39 is 0 Å². The molecule has 3 aromatic rings. The van der Waals surface area contributed by atoms with Crippen molar-refractivity contribution in [2.45, 2.75) is 6.92 Å². The molecule has 0 saturated heterocycles. The maximum atomic E-state index is 12.6. The molecular weight excluding hydrogens is 322 g/mol. The highest BCUT2D eigenvalue weighted by Gasteiger charge is 2.19. The second-order valence-electron chi connectivity index (χ2n) is 5.07. The van der Waals surface area contributed by atoms with Crippen LogP contribution in [0.2, 0.25) is 0 Å². The molecule has 24 heavy (non-hydrogen) atoms. The number of phenols is 1. The topological polar surface area (TPSA) is 58.6 Å². The first kappa shape index (κ1) is 16.1. The van der Waals surface area contributed by atoms with Gasteiger partial charge >= 0.3 is 0 Å². The Morgan fingerprint density at radius 3 is 2.54 bits per heavy atom. The van der Waals surface area contributed by atoms with E-state index in [-0.39, 0.29) is 11.7 Å². The summed E-state index contributed by atoms with van der Waals surface area (Å²) in [7, 11) is 0. The van der Waals surface area contributed by atoms with Crippen LogP contribution in [0.15, 0.2) is 60.7 Å². The van der Waals surface area contributed by atoms with Gasteiger partial charge in [0.25, 0.3) is 5.91 Å². The number of amides is 1. The van der Waals surface area contributed by atoms with Crippen molar-refractivity contribution in [2.75, 3.05) is 11.9 Å². The van der Waals surface area contributed by atoms with E-state index in [2.05, 4.69) is 5.32 Å². The van der Waals surface area contributed by atoms with Gasteiger partial charge in [0.15, 0.2) is 0 Å². The van der Waals surface area contributed by atoms with Crippen LogP contribution in [0.5, 0.6) is 11.5 Å². The zero-order valence-corrected chi connectivity index (χ0v) is 14.0. The second-order valence-corrected chi connectivity index (χ2v) is 6.13. The van der Waals surface area contributed by atoms with E-state index in [1.54, 1.807) is 18.2 Å². The SMILES string of the molecule is CCOc1cc(-c2ccccc2)sc1C(=O)Nc1ccccc1O. The van der Waals surface area contributed by atoms with Crippen molar-refractivity contribution in [3.05, 3.63) is 65.5 Å². The van der Waals surface area contributed by atoms with Gasteiger partial charge in [-0.05, 0) is 30.7 Å². The summed E-state index contributed by atoms with van der Waals surface area (Å²) in [4.78, 5) is 14.1. The second kappa shape index (κ2) is 7.19. The normalized spacial score (nSPS) is 10.4. The third-order valence-corrected chi connectivity index (χ3v) is 4.58. The van der Waals surface area contributed by atoms with E-state index >= 15 is 0 Å². The highest BCUT2D eigenvalue weighted by atomic mass is 32.1. The van der Waals surface area contributed by atoms with Crippen molar-refractivity contribution in [3.63, 3.8) is 0 Å². The van der Waals surface area contributed by atoms with Gasteiger partial charge in [-0.2, -0.15) is 0 Å². The van der Waals surface area contributed by atoms with Gasteiger partial charge in [-0.15, -0.1) is 11.3 Å². The molecule has 0 saturated carbocycles. The molecule has 2 N–H and O–H groups in total. The molecule has 1 amide bonds. The summed E-state index contributed by atoms with van der Waals surface area (Å²) in [5.41, 5.74) is 1.41. The number of hydrogen-bond donors (Lipinski definition) is 2. The van der Waals surface area contributed by atoms with Crippen molar-refractivity contribution in [2.24, 2.45) is 0 Å². The number of carbonyl (C=O) groups is 1. The largest absolute Gasteiger partial charge is 0.506 e. The molecule has 0 aliphatic carbocycles. The number of phenolic OH excluding ortho intramolecular Hbond substituents is 1. The highest BCUT2D eigenvalue weighted by molar-refractivity contribution is 7.17. The lowest BCUT2D eigenvalue weighted by Gasteiger charge is -2.07. The summed E-state index contributed by atoms with van der Waals surface area (Å²) < 4.78 is 5.62. The minimum atomic E-state index is -0.299. The van der Waals surface area contributed by atoms with Crippen LogP contribution in [0.25, 0.3) is 10.4 Å². The number of carbonyl (C=O) groups excluding carboxylic acids is 1. The molecule has 0 bridgehead atoms. The molecule has 0 unspecified atom stereocenters. The summed E-state index contributed by atoms with van der Waals surface area (Å²) in [6, 6.07) is 18.4. The van der Waals surface area contributed by atoms with E-state index in [1.807, 2.05) is 43.3 Å². The molecular formula is C19H17NO3S. The maximum absolute atomic E-state index is 12.6. The van der Waals surface area contributed by atoms with E-state index in [1.165, 1.54) is 17.4 Å². The van der Waals surface area contributed by atoms with Gasteiger partial charge in [-0.3, -0.25) is 4.79 Å². The first-order valence-electron chi connectivity index (χ1n) is 7.60. The van der Waals surface area contributed by atoms with Crippen LogP contribution in [-0.2, 0) is 0 Å². The van der Waals surface area contributed by atoms with Crippen LogP contribution in [0.1, 0.15) is 16.6 Å². The minimum Gasteiger partial charge on any atom is -0.506 e. The predicted octanol–water partition coefficient (Wildman–Crippen LogP) is 4.77. The van der Waals surface area contributed by atoms with Crippen LogP contribution in [-0.4, -0.2) is 17.6 Å². The number of rotatable bonds is 5. The Morgan fingerprint density at radius 1 is 1.12 bits per heavy atom. The molecule has 0 atom stereocenters. The summed E-state index contributed by atoms with van der Waals surface area (Å²) in [5, 5.41) is 12.6. The molecule has 5 heteroatoms. The maximum Gasteiger partial charge on any atom is 0.269 e. The first-order valence-corrected chi connectivity index (χ1v) is 8.42.